The predicted molar refractivity (Wildman–Crippen MR) is 92.0 cm³/mol. The van der Waals surface area contributed by atoms with Crippen LogP contribution in [0.5, 0.6) is 0 Å². The van der Waals surface area contributed by atoms with Crippen LogP contribution in [0, 0.1) is 0 Å². The number of pyridine rings is 1. The second-order valence-electron chi connectivity index (χ2n) is 5.20. The highest BCUT2D eigenvalue weighted by Gasteiger charge is 2.10. The summed E-state index contributed by atoms with van der Waals surface area (Å²) in [6.45, 7) is 0. The molecule has 132 valence electrons. The Labute approximate surface area is 149 Å². The fraction of sp³-hybridized carbons (Fsp3) is 0. The number of aromatic amines is 1. The zero-order chi connectivity index (χ0) is 18.5. The first-order valence-electron chi connectivity index (χ1n) is 7.42. The molecule has 1 unspecified atom stereocenters. The largest absolute Gasteiger partial charge is 0.750 e. The van der Waals surface area contributed by atoms with Gasteiger partial charge in [-0.05, 0) is 11.5 Å². The summed E-state index contributed by atoms with van der Waals surface area (Å²) in [5.74, 6) is 0.581. The number of benzene rings is 2. The third-order valence-electron chi connectivity index (χ3n) is 3.68. The third-order valence-corrected chi connectivity index (χ3v) is 3.79. The topological polar surface area (TPSA) is 117 Å². The fourth-order valence-electron chi connectivity index (χ4n) is 2.58. The summed E-state index contributed by atoms with van der Waals surface area (Å²) in [4.78, 5) is 15.3. The van der Waals surface area contributed by atoms with Crippen molar-refractivity contribution in [2.45, 2.75) is 0 Å². The molecule has 7 nitrogen and oxygen atoms in total. The van der Waals surface area contributed by atoms with E-state index in [0.717, 1.165) is 16.3 Å². The summed E-state index contributed by atoms with van der Waals surface area (Å²) >= 11 is -2.88. The minimum absolute atomic E-state index is 0.0233. The normalized spacial score (nSPS) is 11.8. The Balaban J connectivity index is 0.000000349. The average molecular weight is 370 g/mol. The van der Waals surface area contributed by atoms with E-state index in [9.17, 15) is 4.79 Å². The summed E-state index contributed by atoms with van der Waals surface area (Å²) < 4.78 is 26.1. The summed E-state index contributed by atoms with van der Waals surface area (Å²) in [6.07, 6.45) is 3.62. The molecule has 4 rings (SSSR count). The van der Waals surface area contributed by atoms with E-state index in [0.29, 0.717) is 16.7 Å². The second kappa shape index (κ2) is 7.98. The van der Waals surface area contributed by atoms with E-state index in [-0.39, 0.29) is 5.43 Å². The van der Waals surface area contributed by atoms with Crippen molar-refractivity contribution in [3.05, 3.63) is 77.2 Å². The molecule has 0 saturated carbocycles. The van der Waals surface area contributed by atoms with Gasteiger partial charge in [-0.3, -0.25) is 4.79 Å². The zero-order valence-electron chi connectivity index (χ0n) is 13.2. The molecule has 0 aliphatic heterocycles. The van der Waals surface area contributed by atoms with Gasteiger partial charge in [0.25, 0.3) is 0 Å². The number of fused-ring (bicyclic) bond motifs is 3. The van der Waals surface area contributed by atoms with Crippen molar-refractivity contribution >= 4 is 33.1 Å². The standard InChI is InChI=1S/C18H11NO2.H2O4S/c20-16-11-17(13-7-9-19-10-8-13)21-18-14-4-2-1-3-12(14)5-6-15(16)18;1-4-5(2)3/h1-11H;1H,(H,2,3)/p-1. The molecular formula is C18H12NO6S-. The van der Waals surface area contributed by atoms with Gasteiger partial charge in [0.2, 0.25) is 0 Å². The molecule has 2 heterocycles. The van der Waals surface area contributed by atoms with Crippen molar-refractivity contribution < 1.29 is 27.8 Å². The van der Waals surface area contributed by atoms with Gasteiger partial charge in [0.15, 0.2) is 17.8 Å². The highest BCUT2D eigenvalue weighted by molar-refractivity contribution is 7.73. The van der Waals surface area contributed by atoms with E-state index < -0.39 is 11.4 Å². The molecular weight excluding hydrogens is 358 g/mol. The number of nitrogens with one attached hydrogen (secondary N) is 1. The number of rotatable bonds is 2. The average Bonchev–Trinajstić information content (AvgIpc) is 2.69. The molecule has 2 aromatic carbocycles. The van der Waals surface area contributed by atoms with Crippen LogP contribution in [0.25, 0.3) is 33.1 Å². The van der Waals surface area contributed by atoms with E-state index in [1.54, 1.807) is 6.07 Å². The van der Waals surface area contributed by atoms with Crippen LogP contribution in [0.2, 0.25) is 0 Å². The Kier molecular flexibility index (Phi) is 5.49. The van der Waals surface area contributed by atoms with Crippen molar-refractivity contribution in [2.24, 2.45) is 0 Å². The lowest BCUT2D eigenvalue weighted by molar-refractivity contribution is -0.635. The lowest BCUT2D eigenvalue weighted by atomic mass is 10.1. The summed E-state index contributed by atoms with van der Waals surface area (Å²) in [7, 11) is 0. The molecule has 2 aromatic heterocycles. The van der Waals surface area contributed by atoms with Crippen molar-refractivity contribution in [1.29, 1.82) is 0 Å². The van der Waals surface area contributed by atoms with Crippen LogP contribution in [0.15, 0.2) is 76.2 Å². The van der Waals surface area contributed by atoms with Crippen LogP contribution in [0.1, 0.15) is 0 Å². The Hall–Kier alpha value is -2.91. The molecule has 0 aliphatic carbocycles. The molecule has 1 atom stereocenters. The minimum Gasteiger partial charge on any atom is -0.750 e. The van der Waals surface area contributed by atoms with Crippen molar-refractivity contribution in [1.82, 2.24) is 0 Å². The highest BCUT2D eigenvalue weighted by Crippen LogP contribution is 2.27. The third kappa shape index (κ3) is 3.84. The van der Waals surface area contributed by atoms with Gasteiger partial charge in [0.1, 0.15) is 11.3 Å². The minimum atomic E-state index is -2.88. The molecule has 0 radical (unpaired) electrons. The Bertz CT molecular complexity index is 1130. The van der Waals surface area contributed by atoms with Gasteiger partial charge in [-0.15, -0.1) is 0 Å². The Morgan fingerprint density at radius 2 is 1.69 bits per heavy atom. The van der Waals surface area contributed by atoms with Gasteiger partial charge in [-0.25, -0.2) is 9.19 Å². The fourth-order valence-corrected chi connectivity index (χ4v) is 2.58. The maximum atomic E-state index is 12.3. The molecule has 0 saturated heterocycles. The lowest BCUT2D eigenvalue weighted by Crippen LogP contribution is -2.06. The van der Waals surface area contributed by atoms with Gasteiger partial charge in [-0.2, -0.15) is 0 Å². The molecule has 0 aliphatic rings. The quantitative estimate of drug-likeness (QED) is 0.228. The van der Waals surface area contributed by atoms with Crippen LogP contribution in [-0.4, -0.2) is 8.76 Å². The highest BCUT2D eigenvalue weighted by atomic mass is 32.2. The maximum absolute atomic E-state index is 12.3. The monoisotopic (exact) mass is 370 g/mol. The van der Waals surface area contributed by atoms with Crippen molar-refractivity contribution in [3.63, 3.8) is 0 Å². The molecule has 0 fully saturated rings. The first-order valence-corrected chi connectivity index (χ1v) is 8.42. The van der Waals surface area contributed by atoms with E-state index >= 15 is 0 Å². The predicted octanol–water partition coefficient (Wildman–Crippen LogP) is 1.50. The summed E-state index contributed by atoms with van der Waals surface area (Å²) in [5.41, 5.74) is 1.49. The summed E-state index contributed by atoms with van der Waals surface area (Å²) in [6, 6.07) is 17.0. The summed E-state index contributed by atoms with van der Waals surface area (Å²) in [5, 5.41) is 11.1. The smallest absolute Gasteiger partial charge is 0.193 e. The van der Waals surface area contributed by atoms with E-state index in [1.807, 2.05) is 60.9 Å². The first-order chi connectivity index (χ1) is 12.6. The SMILES string of the molecule is O=S([O-])O[O-].O=c1cc(-c2cc[nH+]cc2)oc2c1ccc1ccccc12. The van der Waals surface area contributed by atoms with Gasteiger partial charge in [0, 0.05) is 29.1 Å². The van der Waals surface area contributed by atoms with Crippen molar-refractivity contribution in [3.8, 4) is 11.3 Å². The van der Waals surface area contributed by atoms with Crippen LogP contribution < -0.4 is 15.7 Å². The van der Waals surface area contributed by atoms with Crippen LogP contribution in [-0.2, 0) is 15.7 Å². The Morgan fingerprint density at radius 3 is 2.38 bits per heavy atom. The lowest BCUT2D eigenvalue weighted by Gasteiger charge is -2.05. The number of hydrogen-bond acceptors (Lipinski definition) is 6. The van der Waals surface area contributed by atoms with E-state index in [2.05, 4.69) is 9.32 Å². The maximum Gasteiger partial charge on any atom is 0.193 e. The van der Waals surface area contributed by atoms with Crippen LogP contribution in [0.3, 0.4) is 0 Å². The molecule has 0 amide bonds. The van der Waals surface area contributed by atoms with Crippen molar-refractivity contribution in [2.75, 3.05) is 0 Å². The van der Waals surface area contributed by atoms with E-state index in [1.165, 1.54) is 0 Å². The van der Waals surface area contributed by atoms with Gasteiger partial charge < -0.3 is 18.6 Å². The van der Waals surface area contributed by atoms with Gasteiger partial charge in [0.05, 0.1) is 16.7 Å². The van der Waals surface area contributed by atoms with Crippen LogP contribution in [0.4, 0.5) is 0 Å². The molecule has 0 spiro atoms. The molecule has 0 bridgehead atoms. The van der Waals surface area contributed by atoms with Gasteiger partial charge >= 0.3 is 0 Å². The number of aromatic nitrogens is 1. The first kappa shape index (κ1) is 17.9. The Morgan fingerprint density at radius 1 is 1.00 bits per heavy atom. The number of H-pyrrole nitrogens is 1. The zero-order valence-corrected chi connectivity index (χ0v) is 14.0. The molecule has 4 aromatic rings. The second-order valence-corrected chi connectivity index (χ2v) is 5.74. The van der Waals surface area contributed by atoms with Gasteiger partial charge in [-0.1, -0.05) is 30.3 Å². The number of hydrogen-bond donors (Lipinski definition) is 0. The molecule has 8 heteroatoms. The van der Waals surface area contributed by atoms with Crippen LogP contribution >= 0.6 is 0 Å². The van der Waals surface area contributed by atoms with E-state index in [4.69, 9.17) is 18.4 Å². The molecule has 26 heavy (non-hydrogen) atoms. The molecule has 1 N–H and O–H groups in total.